The van der Waals surface area contributed by atoms with Gasteiger partial charge in [-0.3, -0.25) is 0 Å². The fourth-order valence-corrected chi connectivity index (χ4v) is 6.94. The first-order valence-electron chi connectivity index (χ1n) is 6.56. The highest BCUT2D eigenvalue weighted by Crippen LogP contribution is 2.42. The molecule has 22 heavy (non-hydrogen) atoms. The van der Waals surface area contributed by atoms with Crippen LogP contribution in [-0.4, -0.2) is 29.7 Å². The third kappa shape index (κ3) is 2.30. The fourth-order valence-electron chi connectivity index (χ4n) is 2.59. The highest BCUT2D eigenvalue weighted by Gasteiger charge is 2.43. The number of methoxy groups -OCH3 is 1. The van der Waals surface area contributed by atoms with E-state index in [1.807, 2.05) is 0 Å². The van der Waals surface area contributed by atoms with Crippen molar-refractivity contribution < 1.29 is 21.6 Å². The summed E-state index contributed by atoms with van der Waals surface area (Å²) in [6.07, 6.45) is 0. The number of sulfone groups is 2. The van der Waals surface area contributed by atoms with Crippen molar-refractivity contribution in [1.29, 1.82) is 0 Å². The molecule has 1 unspecified atom stereocenters. The summed E-state index contributed by atoms with van der Waals surface area (Å²) in [6.45, 7) is 0. The molecule has 0 fully saturated rings. The standard InChI is InChI=1S/C15H14O5S2/c1-20-11-7-8-13-14(9-11)21(16,17)10-15(13)22(18,19)12-5-3-2-4-6-12/h2-9,15H,10H2,1H3. The number of rotatable bonds is 3. The molecular formula is C15H14O5S2. The molecule has 1 atom stereocenters. The van der Waals surface area contributed by atoms with Crippen LogP contribution in [0.3, 0.4) is 0 Å². The molecule has 0 aliphatic carbocycles. The summed E-state index contributed by atoms with van der Waals surface area (Å²) in [5.74, 6) is -0.0488. The molecule has 7 heteroatoms. The Morgan fingerprint density at radius 2 is 1.77 bits per heavy atom. The molecule has 0 spiro atoms. The summed E-state index contributed by atoms with van der Waals surface area (Å²) in [5, 5.41) is -1.08. The summed E-state index contributed by atoms with van der Waals surface area (Å²) in [7, 11) is -5.97. The van der Waals surface area contributed by atoms with Crippen LogP contribution < -0.4 is 4.74 Å². The molecule has 2 aromatic rings. The van der Waals surface area contributed by atoms with Crippen molar-refractivity contribution in [3.05, 3.63) is 54.1 Å². The molecule has 0 aromatic heterocycles. The molecule has 1 aliphatic heterocycles. The topological polar surface area (TPSA) is 77.5 Å². The van der Waals surface area contributed by atoms with Gasteiger partial charge >= 0.3 is 0 Å². The van der Waals surface area contributed by atoms with Gasteiger partial charge in [-0.1, -0.05) is 24.3 Å². The van der Waals surface area contributed by atoms with Crippen molar-refractivity contribution in [2.24, 2.45) is 0 Å². The predicted octanol–water partition coefficient (Wildman–Crippen LogP) is 2.00. The predicted molar refractivity (Wildman–Crippen MR) is 81.4 cm³/mol. The van der Waals surface area contributed by atoms with E-state index in [4.69, 9.17) is 4.74 Å². The number of ether oxygens (including phenoxy) is 1. The SMILES string of the molecule is COc1ccc2c(c1)S(=O)(=O)CC2S(=O)(=O)c1ccccc1. The minimum atomic E-state index is -3.76. The van der Waals surface area contributed by atoms with Gasteiger partial charge in [0, 0.05) is 0 Å². The molecule has 1 heterocycles. The molecule has 0 radical (unpaired) electrons. The summed E-state index contributed by atoms with van der Waals surface area (Å²) in [5.41, 5.74) is 0.310. The Bertz CT molecular complexity index is 916. The molecule has 0 saturated heterocycles. The van der Waals surface area contributed by atoms with Gasteiger partial charge in [0.05, 0.1) is 22.7 Å². The Balaban J connectivity index is 2.17. The van der Waals surface area contributed by atoms with E-state index in [0.717, 1.165) is 0 Å². The highest BCUT2D eigenvalue weighted by molar-refractivity contribution is 7.96. The van der Waals surface area contributed by atoms with Crippen LogP contribution in [0.4, 0.5) is 0 Å². The lowest BCUT2D eigenvalue weighted by atomic mass is 10.1. The Morgan fingerprint density at radius 3 is 2.41 bits per heavy atom. The van der Waals surface area contributed by atoms with E-state index in [0.29, 0.717) is 11.3 Å². The average Bonchev–Trinajstić information content (AvgIpc) is 2.80. The minimum Gasteiger partial charge on any atom is -0.497 e. The van der Waals surface area contributed by atoms with Crippen LogP contribution in [0.2, 0.25) is 0 Å². The summed E-state index contributed by atoms with van der Waals surface area (Å²) in [6, 6.07) is 12.4. The van der Waals surface area contributed by atoms with Crippen LogP contribution in [0.25, 0.3) is 0 Å². The van der Waals surface area contributed by atoms with Crippen LogP contribution in [-0.2, 0) is 19.7 Å². The Kier molecular flexibility index (Phi) is 3.49. The van der Waals surface area contributed by atoms with E-state index in [2.05, 4.69) is 0 Å². The monoisotopic (exact) mass is 338 g/mol. The quantitative estimate of drug-likeness (QED) is 0.855. The Labute approximate surface area is 129 Å². The Hall–Kier alpha value is -1.86. The minimum absolute atomic E-state index is 0.0383. The molecule has 0 saturated carbocycles. The van der Waals surface area contributed by atoms with Crippen LogP contribution in [0.15, 0.2) is 58.3 Å². The van der Waals surface area contributed by atoms with E-state index in [1.54, 1.807) is 24.3 Å². The highest BCUT2D eigenvalue weighted by atomic mass is 32.2. The van der Waals surface area contributed by atoms with Gasteiger partial charge in [0.2, 0.25) is 0 Å². The summed E-state index contributed by atoms with van der Waals surface area (Å²) >= 11 is 0. The summed E-state index contributed by atoms with van der Waals surface area (Å²) < 4.78 is 55.1. The number of fused-ring (bicyclic) bond motifs is 1. The molecule has 5 nitrogen and oxygen atoms in total. The van der Waals surface area contributed by atoms with Crippen LogP contribution in [0, 0.1) is 0 Å². The molecular weight excluding hydrogens is 324 g/mol. The second-order valence-electron chi connectivity index (χ2n) is 5.03. The lowest BCUT2D eigenvalue weighted by Gasteiger charge is -2.12. The number of hydrogen-bond acceptors (Lipinski definition) is 5. The molecule has 3 rings (SSSR count). The number of hydrogen-bond donors (Lipinski definition) is 0. The third-order valence-electron chi connectivity index (χ3n) is 3.72. The first kappa shape index (κ1) is 15.1. The van der Waals surface area contributed by atoms with Gasteiger partial charge in [-0.2, -0.15) is 0 Å². The van der Waals surface area contributed by atoms with E-state index < -0.39 is 30.7 Å². The maximum Gasteiger partial charge on any atom is 0.186 e. The fraction of sp³-hybridized carbons (Fsp3) is 0.200. The van der Waals surface area contributed by atoms with Crippen molar-refractivity contribution in [1.82, 2.24) is 0 Å². The van der Waals surface area contributed by atoms with Gasteiger partial charge in [-0.25, -0.2) is 16.8 Å². The number of benzene rings is 2. The van der Waals surface area contributed by atoms with Gasteiger partial charge in [-0.05, 0) is 29.8 Å². The maximum absolute atomic E-state index is 12.7. The van der Waals surface area contributed by atoms with E-state index in [1.165, 1.54) is 31.4 Å². The second-order valence-corrected chi connectivity index (χ2v) is 9.16. The molecule has 0 N–H and O–H groups in total. The molecule has 1 aliphatic rings. The van der Waals surface area contributed by atoms with Gasteiger partial charge in [0.25, 0.3) is 0 Å². The Morgan fingerprint density at radius 1 is 1.09 bits per heavy atom. The van der Waals surface area contributed by atoms with Gasteiger partial charge in [0.15, 0.2) is 19.7 Å². The van der Waals surface area contributed by atoms with Crippen LogP contribution >= 0.6 is 0 Å². The second kappa shape index (κ2) is 5.10. The molecule has 2 aromatic carbocycles. The lowest BCUT2D eigenvalue weighted by molar-refractivity contribution is 0.413. The van der Waals surface area contributed by atoms with E-state index in [9.17, 15) is 16.8 Å². The van der Waals surface area contributed by atoms with Crippen LogP contribution in [0.5, 0.6) is 5.75 Å². The third-order valence-corrected chi connectivity index (χ3v) is 7.83. The normalized spacial score (nSPS) is 19.6. The smallest absolute Gasteiger partial charge is 0.186 e. The van der Waals surface area contributed by atoms with Crippen molar-refractivity contribution in [2.75, 3.05) is 12.9 Å². The van der Waals surface area contributed by atoms with Crippen molar-refractivity contribution in [3.8, 4) is 5.75 Å². The van der Waals surface area contributed by atoms with Crippen molar-refractivity contribution >= 4 is 19.7 Å². The average molecular weight is 338 g/mol. The molecule has 0 bridgehead atoms. The van der Waals surface area contributed by atoms with Gasteiger partial charge in [0.1, 0.15) is 11.0 Å². The first-order valence-corrected chi connectivity index (χ1v) is 9.76. The maximum atomic E-state index is 12.7. The molecule has 116 valence electrons. The zero-order chi connectivity index (χ0) is 16.0. The van der Waals surface area contributed by atoms with E-state index in [-0.39, 0.29) is 9.79 Å². The molecule has 0 amide bonds. The lowest BCUT2D eigenvalue weighted by Crippen LogP contribution is -2.15. The van der Waals surface area contributed by atoms with Crippen molar-refractivity contribution in [3.63, 3.8) is 0 Å². The largest absolute Gasteiger partial charge is 0.497 e. The zero-order valence-corrected chi connectivity index (χ0v) is 13.4. The van der Waals surface area contributed by atoms with Crippen molar-refractivity contribution in [2.45, 2.75) is 15.0 Å². The first-order chi connectivity index (χ1) is 10.4. The van der Waals surface area contributed by atoms with Gasteiger partial charge < -0.3 is 4.74 Å². The van der Waals surface area contributed by atoms with E-state index >= 15 is 0 Å². The van der Waals surface area contributed by atoms with Crippen LogP contribution in [0.1, 0.15) is 10.8 Å². The summed E-state index contributed by atoms with van der Waals surface area (Å²) in [4.78, 5) is 0.162. The van der Waals surface area contributed by atoms with Gasteiger partial charge in [-0.15, -0.1) is 0 Å². The zero-order valence-electron chi connectivity index (χ0n) is 11.8.